The van der Waals surface area contributed by atoms with Gasteiger partial charge in [-0.05, 0) is 31.2 Å². The quantitative estimate of drug-likeness (QED) is 0.221. The molecule has 31 heavy (non-hydrogen) atoms. The zero-order valence-electron chi connectivity index (χ0n) is 16.9. The number of rotatable bonds is 13. The number of hydrazine groups is 1. The minimum atomic E-state index is -1.25. The van der Waals surface area contributed by atoms with Crippen molar-refractivity contribution in [3.05, 3.63) is 51.8 Å². The molecule has 0 saturated carbocycles. The number of nitrogen functional groups attached to an aromatic ring is 1. The molecule has 0 spiro atoms. The van der Waals surface area contributed by atoms with Crippen LogP contribution in [0, 0.1) is 0 Å². The van der Waals surface area contributed by atoms with Gasteiger partial charge in [0.25, 0.3) is 5.56 Å². The molecular weight excluding hydrogens is 406 g/mol. The molecule has 1 heterocycles. The molecule has 0 radical (unpaired) electrons. The fourth-order valence-electron chi connectivity index (χ4n) is 3.14. The summed E-state index contributed by atoms with van der Waals surface area (Å²) in [5.74, 6) is -2.52. The monoisotopic (exact) mass is 433 g/mol. The van der Waals surface area contributed by atoms with Crippen LogP contribution in [0.4, 0.5) is 11.8 Å². The Kier molecular flexibility index (Phi) is 8.97. The van der Waals surface area contributed by atoms with E-state index in [0.717, 1.165) is 5.56 Å². The van der Waals surface area contributed by atoms with E-state index < -0.39 is 23.5 Å². The lowest BCUT2D eigenvalue weighted by molar-refractivity contribution is -0.140. The first-order chi connectivity index (χ1) is 14.8. The molecule has 0 aliphatic carbocycles. The molecule has 0 saturated heterocycles. The van der Waals surface area contributed by atoms with Crippen LogP contribution in [0.2, 0.25) is 0 Å². The number of aliphatic hydroxyl groups is 1. The van der Waals surface area contributed by atoms with Gasteiger partial charge in [0.1, 0.15) is 6.04 Å². The number of nitrogens with two attached hydrogens (primary N) is 1. The number of hydrogen-bond acceptors (Lipinski definition) is 8. The van der Waals surface area contributed by atoms with Gasteiger partial charge in [0, 0.05) is 18.9 Å². The number of aromatic nitrogens is 2. The van der Waals surface area contributed by atoms with Crippen molar-refractivity contribution in [2.24, 2.45) is 0 Å². The highest BCUT2D eigenvalue weighted by Gasteiger charge is 2.20. The number of benzene rings is 1. The van der Waals surface area contributed by atoms with Crippen LogP contribution in [-0.4, -0.2) is 49.9 Å². The van der Waals surface area contributed by atoms with Gasteiger partial charge in [0.05, 0.1) is 5.56 Å². The normalized spacial score (nSPS) is 12.8. The number of aliphatic hydroxyl groups excluding tert-OH is 1. The first-order valence-electron chi connectivity index (χ1n) is 9.82. The zero-order chi connectivity index (χ0) is 22.8. The fourth-order valence-corrected chi connectivity index (χ4v) is 3.14. The third-order valence-corrected chi connectivity index (χ3v) is 4.81. The first kappa shape index (κ1) is 23.8. The highest BCUT2D eigenvalue weighted by molar-refractivity contribution is 5.75. The van der Waals surface area contributed by atoms with E-state index in [1.165, 1.54) is 0 Å². The Hall–Kier alpha value is -3.44. The molecule has 0 aliphatic rings. The van der Waals surface area contributed by atoms with Crippen LogP contribution in [0.1, 0.15) is 42.7 Å². The van der Waals surface area contributed by atoms with Gasteiger partial charge in [0.15, 0.2) is 5.82 Å². The van der Waals surface area contributed by atoms with Gasteiger partial charge < -0.3 is 26.5 Å². The van der Waals surface area contributed by atoms with Crippen LogP contribution in [0.25, 0.3) is 0 Å². The predicted molar refractivity (Wildman–Crippen MR) is 114 cm³/mol. The molecule has 1 aromatic carbocycles. The molecule has 2 atom stereocenters. The average Bonchev–Trinajstić information content (AvgIpc) is 2.72. The van der Waals surface area contributed by atoms with Gasteiger partial charge in [-0.25, -0.2) is 5.43 Å². The lowest BCUT2D eigenvalue weighted by Crippen LogP contribution is -2.41. The van der Waals surface area contributed by atoms with E-state index in [-0.39, 0.29) is 42.7 Å². The lowest BCUT2D eigenvalue weighted by atomic mass is 9.93. The smallest absolute Gasteiger partial charge is 0.322 e. The predicted octanol–water partition coefficient (Wildman–Crippen LogP) is 0.685. The summed E-state index contributed by atoms with van der Waals surface area (Å²) < 4.78 is 0. The van der Waals surface area contributed by atoms with E-state index >= 15 is 0 Å². The van der Waals surface area contributed by atoms with Crippen LogP contribution >= 0.6 is 0 Å². The minimum absolute atomic E-state index is 0.0309. The van der Waals surface area contributed by atoms with Crippen LogP contribution in [-0.2, 0) is 16.0 Å². The second kappa shape index (κ2) is 11.7. The molecule has 0 fully saturated rings. The number of carboxylic acid groups (broad SMARTS) is 2. The molecule has 0 bridgehead atoms. The molecular formula is C20H27N5O6. The molecule has 8 N–H and O–H groups in total. The van der Waals surface area contributed by atoms with Crippen LogP contribution in [0.5, 0.6) is 0 Å². The number of anilines is 2. The van der Waals surface area contributed by atoms with Gasteiger partial charge >= 0.3 is 11.9 Å². The Bertz CT molecular complexity index is 933. The fraction of sp³-hybridized carbons (Fsp3) is 0.400. The first-order valence-corrected chi connectivity index (χ1v) is 9.82. The molecule has 0 aliphatic heterocycles. The number of aromatic amines is 1. The summed E-state index contributed by atoms with van der Waals surface area (Å²) in [7, 11) is 0. The zero-order valence-corrected chi connectivity index (χ0v) is 16.9. The van der Waals surface area contributed by atoms with E-state index in [4.69, 9.17) is 10.8 Å². The molecule has 2 rings (SSSR count). The van der Waals surface area contributed by atoms with Crippen molar-refractivity contribution in [1.29, 1.82) is 0 Å². The molecule has 11 nitrogen and oxygen atoms in total. The summed E-state index contributed by atoms with van der Waals surface area (Å²) >= 11 is 0. The number of nitrogens with one attached hydrogen (secondary N) is 3. The molecule has 2 aromatic rings. The topological polar surface area (TPSA) is 191 Å². The van der Waals surface area contributed by atoms with E-state index in [9.17, 15) is 24.6 Å². The number of carbonyl (C=O) groups is 2. The van der Waals surface area contributed by atoms with Crippen LogP contribution in [0.3, 0.4) is 0 Å². The summed E-state index contributed by atoms with van der Waals surface area (Å²) in [5.41, 5.74) is 11.5. The summed E-state index contributed by atoms with van der Waals surface area (Å²) in [5, 5.41) is 27.7. The van der Waals surface area contributed by atoms with Crippen molar-refractivity contribution in [2.45, 2.75) is 44.1 Å². The number of nitrogens with zero attached hydrogens (tertiary/aromatic N) is 1. The van der Waals surface area contributed by atoms with Gasteiger partial charge in [-0.15, -0.1) is 0 Å². The summed E-state index contributed by atoms with van der Waals surface area (Å²) in [4.78, 5) is 40.9. The highest BCUT2D eigenvalue weighted by atomic mass is 16.4. The standard InChI is InChI=1S/C20H27N5O6/c21-20-22-17(25-24-15(19(30)31)9-10-16(27)28)14(18(29)23-20)8-4-7-13(11-26)12-5-2-1-3-6-12/h1-3,5-6,13,15,24,26H,4,7-11H2,(H,27,28)(H,30,31)(H4,21,22,23,25,29)/t13?,15-/m0/s1. The third kappa shape index (κ3) is 7.39. The number of carboxylic acids is 2. The maximum atomic E-state index is 12.4. The summed E-state index contributed by atoms with van der Waals surface area (Å²) in [6.45, 7) is -0.0309. The second-order valence-corrected chi connectivity index (χ2v) is 7.05. The Balaban J connectivity index is 2.07. The Morgan fingerprint density at radius 1 is 1.16 bits per heavy atom. The molecule has 0 amide bonds. The molecule has 1 aromatic heterocycles. The van der Waals surface area contributed by atoms with Crippen molar-refractivity contribution >= 4 is 23.7 Å². The molecule has 1 unspecified atom stereocenters. The van der Waals surface area contributed by atoms with Crippen molar-refractivity contribution in [3.8, 4) is 0 Å². The molecule has 168 valence electrons. The summed E-state index contributed by atoms with van der Waals surface area (Å²) in [6.07, 6.45) is 0.980. The van der Waals surface area contributed by atoms with Crippen LogP contribution in [0.15, 0.2) is 35.1 Å². The highest BCUT2D eigenvalue weighted by Crippen LogP contribution is 2.22. The Labute approximate surface area is 178 Å². The molecule has 11 heteroatoms. The van der Waals surface area contributed by atoms with Gasteiger partial charge in [-0.2, -0.15) is 4.98 Å². The lowest BCUT2D eigenvalue weighted by Gasteiger charge is -2.18. The third-order valence-electron chi connectivity index (χ3n) is 4.81. The van der Waals surface area contributed by atoms with E-state index in [1.807, 2.05) is 30.3 Å². The van der Waals surface area contributed by atoms with Gasteiger partial charge in [0.2, 0.25) is 5.95 Å². The number of H-pyrrole nitrogens is 1. The Morgan fingerprint density at radius 2 is 1.87 bits per heavy atom. The van der Waals surface area contributed by atoms with Gasteiger partial charge in [-0.1, -0.05) is 30.3 Å². The van der Waals surface area contributed by atoms with E-state index in [1.54, 1.807) is 0 Å². The van der Waals surface area contributed by atoms with Crippen molar-refractivity contribution in [2.75, 3.05) is 17.8 Å². The number of hydrogen-bond donors (Lipinski definition) is 7. The maximum Gasteiger partial charge on any atom is 0.322 e. The minimum Gasteiger partial charge on any atom is -0.481 e. The van der Waals surface area contributed by atoms with Gasteiger partial charge in [-0.3, -0.25) is 19.4 Å². The SMILES string of the molecule is Nc1nc(NN[C@@H](CCC(=O)O)C(=O)O)c(CCCC(CO)c2ccccc2)c(=O)[nH]1. The largest absolute Gasteiger partial charge is 0.481 e. The van der Waals surface area contributed by atoms with E-state index in [2.05, 4.69) is 20.8 Å². The van der Waals surface area contributed by atoms with E-state index in [0.29, 0.717) is 19.3 Å². The second-order valence-electron chi connectivity index (χ2n) is 7.05. The Morgan fingerprint density at radius 3 is 2.48 bits per heavy atom. The van der Waals surface area contributed by atoms with Crippen molar-refractivity contribution in [3.63, 3.8) is 0 Å². The maximum absolute atomic E-state index is 12.4. The van der Waals surface area contributed by atoms with Crippen LogP contribution < -0.4 is 22.1 Å². The van der Waals surface area contributed by atoms with Crippen molar-refractivity contribution < 1.29 is 24.9 Å². The average molecular weight is 433 g/mol. The summed E-state index contributed by atoms with van der Waals surface area (Å²) in [6, 6.07) is 8.33. The van der Waals surface area contributed by atoms with Crippen molar-refractivity contribution in [1.82, 2.24) is 15.4 Å². The number of aliphatic carboxylic acids is 2.